The molecule has 0 aliphatic carbocycles. The zero-order chi connectivity index (χ0) is 50.9. The Balaban J connectivity index is 1.03. The number of H-pyrrole nitrogens is 2. The predicted molar refractivity (Wildman–Crippen MR) is 277 cm³/mol. The van der Waals surface area contributed by atoms with Crippen LogP contribution in [0.25, 0.3) is 50.7 Å². The van der Waals surface area contributed by atoms with Crippen molar-refractivity contribution in [1.82, 2.24) is 44.9 Å². The topological polar surface area (TPSA) is 189 Å². The second-order valence-corrected chi connectivity index (χ2v) is 19.4. The van der Waals surface area contributed by atoms with E-state index >= 15 is 0 Å². The molecule has 5 heterocycles. The number of alkyl carbamates (subject to hydrolysis) is 2. The van der Waals surface area contributed by atoms with Crippen LogP contribution >= 0.6 is 0 Å². The summed E-state index contributed by atoms with van der Waals surface area (Å²) in [6.45, 7) is 11.7. The highest BCUT2D eigenvalue weighted by molar-refractivity contribution is 5.87. The first-order chi connectivity index (χ1) is 34.9. The number of unbranched alkanes of at least 4 members (excludes halogenated alkanes) is 3. The van der Waals surface area contributed by atoms with Gasteiger partial charge in [0, 0.05) is 42.3 Å². The lowest BCUT2D eigenvalue weighted by Gasteiger charge is -2.29. The molecule has 6 aromatic rings. The average molecular weight is 980 g/mol. The smallest absolute Gasteiger partial charge is 0.407 e. The summed E-state index contributed by atoms with van der Waals surface area (Å²) in [6, 6.07) is 27.4. The minimum absolute atomic E-state index is 0.124. The van der Waals surface area contributed by atoms with Crippen LogP contribution in [0.15, 0.2) is 97.3 Å². The number of carbonyl (C=O) groups excluding carboxylic acids is 4. The van der Waals surface area contributed by atoms with Gasteiger partial charge in [-0.15, -0.1) is 0 Å². The van der Waals surface area contributed by atoms with Crippen LogP contribution in [0.5, 0.6) is 5.75 Å². The lowest BCUT2D eigenvalue weighted by molar-refractivity contribution is -0.136. The number of hydrogen-bond acceptors (Lipinski definition) is 9. The maximum atomic E-state index is 13.8. The molecule has 0 radical (unpaired) electrons. The molecule has 4 atom stereocenters. The first kappa shape index (κ1) is 51.0. The van der Waals surface area contributed by atoms with Crippen LogP contribution in [-0.2, 0) is 19.1 Å². The molecular weight excluding hydrogens is 911 g/mol. The Morgan fingerprint density at radius 3 is 1.47 bits per heavy atom. The van der Waals surface area contributed by atoms with Crippen molar-refractivity contribution < 1.29 is 33.4 Å². The number of amides is 4. The van der Waals surface area contributed by atoms with E-state index < -0.39 is 24.3 Å². The molecule has 4 N–H and O–H groups in total. The number of aromatic amines is 2. The van der Waals surface area contributed by atoms with Gasteiger partial charge >= 0.3 is 12.2 Å². The largest absolute Gasteiger partial charge is 0.494 e. The number of ether oxygens (including phenoxy) is 3. The highest BCUT2D eigenvalue weighted by Crippen LogP contribution is 2.38. The zero-order valence-electron chi connectivity index (χ0n) is 42.6. The minimum atomic E-state index is -0.709. The predicted octanol–water partition coefficient (Wildman–Crippen LogP) is 10.6. The van der Waals surface area contributed by atoms with Gasteiger partial charge in [-0.2, -0.15) is 0 Å². The summed E-state index contributed by atoms with van der Waals surface area (Å²) >= 11 is 0. The van der Waals surface area contributed by atoms with Gasteiger partial charge in [-0.1, -0.05) is 102 Å². The minimum Gasteiger partial charge on any atom is -0.494 e. The molecule has 2 saturated heterocycles. The van der Waals surface area contributed by atoms with Crippen molar-refractivity contribution in [2.45, 2.75) is 110 Å². The van der Waals surface area contributed by atoms with E-state index in [-0.39, 0.29) is 35.7 Å². The van der Waals surface area contributed by atoms with Gasteiger partial charge in [0.2, 0.25) is 11.8 Å². The molecule has 8 rings (SSSR count). The Labute approximate surface area is 422 Å². The molecule has 0 spiro atoms. The third-order valence-electron chi connectivity index (χ3n) is 13.9. The fraction of sp³-hybridized carbons (Fsp3) is 0.429. The fourth-order valence-electron chi connectivity index (χ4n) is 9.90. The molecule has 0 unspecified atom stereocenters. The van der Waals surface area contributed by atoms with Crippen molar-refractivity contribution in [2.75, 3.05) is 33.9 Å². The van der Waals surface area contributed by atoms with E-state index in [1.807, 2.05) is 62.0 Å². The van der Waals surface area contributed by atoms with Crippen molar-refractivity contribution in [2.24, 2.45) is 11.8 Å². The van der Waals surface area contributed by atoms with Crippen molar-refractivity contribution >= 4 is 24.0 Å². The number of aromatic nitrogens is 5. The number of rotatable bonds is 19. The van der Waals surface area contributed by atoms with Gasteiger partial charge in [0.25, 0.3) is 0 Å². The molecule has 0 bridgehead atoms. The van der Waals surface area contributed by atoms with E-state index in [2.05, 4.69) is 105 Å². The van der Waals surface area contributed by atoms with Crippen molar-refractivity contribution in [1.29, 1.82) is 0 Å². The van der Waals surface area contributed by atoms with Gasteiger partial charge in [0.05, 0.1) is 55.7 Å². The highest BCUT2D eigenvalue weighted by atomic mass is 16.5. The fourth-order valence-corrected chi connectivity index (χ4v) is 9.90. The van der Waals surface area contributed by atoms with E-state index in [0.29, 0.717) is 31.3 Å². The lowest BCUT2D eigenvalue weighted by atomic mass is 10.0. The van der Waals surface area contributed by atoms with Gasteiger partial charge in [-0.05, 0) is 91.5 Å². The number of likely N-dealkylation sites (tertiary alicyclic amines) is 2. The van der Waals surface area contributed by atoms with Crippen LogP contribution in [0, 0.1) is 11.8 Å². The van der Waals surface area contributed by atoms with E-state index in [1.165, 1.54) is 27.1 Å². The molecule has 16 nitrogen and oxygen atoms in total. The Hall–Kier alpha value is -7.36. The first-order valence-corrected chi connectivity index (χ1v) is 25.5. The molecule has 0 saturated carbocycles. The SMILES string of the molecule is CCCCCCOc1ccc(-n2c(-c3ccc(-c4c[nH]c([C@@H]5CCCN5C(=O)[C@@H](NC(=O)OC)C(C)C)n4)cc3)ccc2-c2ccc(-c3c[nH]c([C@@H]4CCCN4C(=O)[C@@H](NC(=O)OC)C(C)C)n3)cc2)cc1. The molecule has 380 valence electrons. The standard InChI is InChI=1S/C56H69N9O7/c1-8-9-10-11-32-72-42-26-24-41(25-27-42)65-45(39-20-16-37(17-21-39)43-33-57-51(59-43)47-14-12-30-63(47)53(66)49(35(2)3)61-55(68)70-6)28-29-46(65)40-22-18-38(19-23-40)44-34-58-52(60-44)48-15-13-31-64(48)54(67)50(36(4)5)62-56(69)71-7/h16-29,33-36,47-50H,8-15,30-32H2,1-7H3,(H,57,59)(H,58,60)(H,61,68)(H,62,69)/t47-,48-,49-,50-/m0/s1. The third-order valence-corrected chi connectivity index (χ3v) is 13.9. The second-order valence-electron chi connectivity index (χ2n) is 19.4. The normalized spacial score (nSPS) is 16.5. The van der Waals surface area contributed by atoms with Crippen molar-refractivity contribution in [3.8, 4) is 56.5 Å². The number of nitrogens with one attached hydrogen (secondary N) is 4. The van der Waals surface area contributed by atoms with E-state index in [9.17, 15) is 19.2 Å². The van der Waals surface area contributed by atoms with Crippen LogP contribution < -0.4 is 15.4 Å². The molecule has 3 aromatic carbocycles. The molecule has 72 heavy (non-hydrogen) atoms. The van der Waals surface area contributed by atoms with Gasteiger partial charge in [0.15, 0.2) is 0 Å². The van der Waals surface area contributed by atoms with Crippen LogP contribution in [0.1, 0.15) is 110 Å². The molecule has 16 heteroatoms. The third kappa shape index (κ3) is 11.4. The molecule has 2 aliphatic heterocycles. The zero-order valence-corrected chi connectivity index (χ0v) is 42.6. The van der Waals surface area contributed by atoms with Crippen molar-refractivity contribution in [3.05, 3.63) is 109 Å². The van der Waals surface area contributed by atoms with E-state index in [1.54, 1.807) is 0 Å². The van der Waals surface area contributed by atoms with E-state index in [0.717, 1.165) is 95.0 Å². The average Bonchev–Trinajstić information content (AvgIpc) is 4.27. The maximum Gasteiger partial charge on any atom is 0.407 e. The second kappa shape index (κ2) is 23.2. The maximum absolute atomic E-state index is 13.8. The number of benzene rings is 3. The van der Waals surface area contributed by atoms with Gasteiger partial charge < -0.3 is 49.2 Å². The Morgan fingerprint density at radius 2 is 1.06 bits per heavy atom. The number of hydrogen-bond donors (Lipinski definition) is 4. The monoisotopic (exact) mass is 980 g/mol. The van der Waals surface area contributed by atoms with E-state index in [4.69, 9.17) is 24.2 Å². The molecule has 2 fully saturated rings. The van der Waals surface area contributed by atoms with Crippen LogP contribution in [0.3, 0.4) is 0 Å². The molecule has 2 aliphatic rings. The summed E-state index contributed by atoms with van der Waals surface area (Å²) in [6.07, 6.45) is 10.3. The van der Waals surface area contributed by atoms with Crippen LogP contribution in [0.2, 0.25) is 0 Å². The van der Waals surface area contributed by atoms with Gasteiger partial charge in [-0.25, -0.2) is 19.6 Å². The summed E-state index contributed by atoms with van der Waals surface area (Å²) in [5.41, 5.74) is 8.45. The number of nitrogens with zero attached hydrogens (tertiary/aromatic N) is 5. The molecule has 4 amide bonds. The summed E-state index contributed by atoms with van der Waals surface area (Å²) in [4.78, 5) is 72.1. The molecular formula is C56H69N9O7. The Kier molecular flexibility index (Phi) is 16.5. The van der Waals surface area contributed by atoms with Crippen molar-refractivity contribution in [3.63, 3.8) is 0 Å². The van der Waals surface area contributed by atoms with Gasteiger partial charge in [0.1, 0.15) is 29.5 Å². The van der Waals surface area contributed by atoms with Crippen LogP contribution in [-0.4, -0.2) is 104 Å². The summed E-state index contributed by atoms with van der Waals surface area (Å²) in [5, 5.41) is 5.44. The first-order valence-electron chi connectivity index (χ1n) is 25.5. The number of methoxy groups -OCH3 is 2. The highest BCUT2D eigenvalue weighted by Gasteiger charge is 2.39. The Bertz CT molecular complexity index is 2620. The number of carbonyl (C=O) groups is 4. The summed E-state index contributed by atoms with van der Waals surface area (Å²) in [5.74, 6) is 1.72. The summed E-state index contributed by atoms with van der Waals surface area (Å²) in [7, 11) is 2.59. The molecule has 3 aromatic heterocycles. The quantitative estimate of drug-likeness (QED) is 0.0573. The van der Waals surface area contributed by atoms with Crippen LogP contribution in [0.4, 0.5) is 9.59 Å². The van der Waals surface area contributed by atoms with Gasteiger partial charge in [-0.3, -0.25) is 9.59 Å². The lowest BCUT2D eigenvalue weighted by Crippen LogP contribution is -2.51. The summed E-state index contributed by atoms with van der Waals surface area (Å²) < 4.78 is 18.0. The number of imidazole rings is 2. The Morgan fingerprint density at radius 1 is 0.611 bits per heavy atom.